The van der Waals surface area contributed by atoms with E-state index in [-0.39, 0.29) is 0 Å². The third-order valence-corrected chi connectivity index (χ3v) is 4.43. The molecule has 0 bridgehead atoms. The summed E-state index contributed by atoms with van der Waals surface area (Å²) in [7, 11) is -2.32. The van der Waals surface area contributed by atoms with Crippen LogP contribution in [0.1, 0.15) is 26.3 Å². The number of hydrogen-bond acceptors (Lipinski definition) is 1. The molecule has 0 radical (unpaired) electrons. The lowest BCUT2D eigenvalue weighted by Gasteiger charge is -2.34. The van der Waals surface area contributed by atoms with Crippen LogP contribution < -0.4 is 4.72 Å². The Labute approximate surface area is 138 Å². The molecule has 1 N–H and O–H groups in total. The number of rotatable bonds is 3. The van der Waals surface area contributed by atoms with Gasteiger partial charge < -0.3 is 0 Å². The van der Waals surface area contributed by atoms with Gasteiger partial charge in [0.1, 0.15) is 0 Å². The maximum absolute atomic E-state index is 13.7. The van der Waals surface area contributed by atoms with Gasteiger partial charge in [-0.2, -0.15) is 26.3 Å². The van der Waals surface area contributed by atoms with Crippen LogP contribution in [-0.4, -0.2) is 21.3 Å². The van der Waals surface area contributed by atoms with Crippen LogP contribution in [0.3, 0.4) is 0 Å². The van der Waals surface area contributed by atoms with Gasteiger partial charge in [0.15, 0.2) is 0 Å². The zero-order valence-corrected chi connectivity index (χ0v) is 13.8. The first kappa shape index (κ1) is 20.5. The summed E-state index contributed by atoms with van der Waals surface area (Å²) in [6, 6.07) is 5.82. The Morgan fingerprint density at radius 1 is 0.917 bits per heavy atom. The van der Waals surface area contributed by atoms with Crippen LogP contribution in [-0.2, 0) is 16.5 Å². The molecule has 9 heteroatoms. The molecular formula is C15H15F6NOS. The predicted molar refractivity (Wildman–Crippen MR) is 79.0 cm³/mol. The number of hydrogen-bond donors (Lipinski definition) is 1. The highest BCUT2D eigenvalue weighted by Crippen LogP contribution is 2.40. The second-order valence-corrected chi connectivity index (χ2v) is 7.81. The molecule has 0 unspecified atom stereocenters. The van der Waals surface area contributed by atoms with Gasteiger partial charge in [-0.05, 0) is 26.3 Å². The maximum Gasteiger partial charge on any atom is 0.457 e. The SMILES string of the molecule is CC(C)(C)[S@](=O)N[C@@](C#CC(F)(F)F)(c1ccccc1)C(F)(F)F. The van der Waals surface area contributed by atoms with Gasteiger partial charge in [0.25, 0.3) is 0 Å². The van der Waals surface area contributed by atoms with Crippen molar-refractivity contribution in [1.29, 1.82) is 0 Å². The Balaban J connectivity index is 3.63. The fourth-order valence-electron chi connectivity index (χ4n) is 1.59. The number of alkyl halides is 6. The van der Waals surface area contributed by atoms with Gasteiger partial charge in [-0.3, -0.25) is 0 Å². The molecule has 0 spiro atoms. The summed E-state index contributed by atoms with van der Waals surface area (Å²) >= 11 is 0. The summed E-state index contributed by atoms with van der Waals surface area (Å²) in [5.41, 5.74) is -3.99. The van der Waals surface area contributed by atoms with Crippen molar-refractivity contribution < 1.29 is 30.6 Å². The van der Waals surface area contributed by atoms with E-state index >= 15 is 0 Å². The van der Waals surface area contributed by atoms with Crippen LogP contribution in [0, 0.1) is 11.8 Å². The van der Waals surface area contributed by atoms with Crippen molar-refractivity contribution >= 4 is 11.0 Å². The molecule has 0 fully saturated rings. The standard InChI is InChI=1S/C15H15F6NOS/c1-12(2,3)24(23)22-13(15(19,20)21,9-10-14(16,17)18)11-7-5-4-6-8-11/h4-8,22H,1-3H3/t13-,24-/m0/s1. The maximum atomic E-state index is 13.7. The Hall–Kier alpha value is -1.53. The summed E-state index contributed by atoms with van der Waals surface area (Å²) in [6.45, 7) is 4.16. The van der Waals surface area contributed by atoms with Gasteiger partial charge in [0, 0.05) is 5.92 Å². The first-order valence-corrected chi connectivity index (χ1v) is 7.77. The average Bonchev–Trinajstić information content (AvgIpc) is 2.40. The van der Waals surface area contributed by atoms with E-state index in [4.69, 9.17) is 0 Å². The van der Waals surface area contributed by atoms with Gasteiger partial charge in [-0.1, -0.05) is 36.3 Å². The lowest BCUT2D eigenvalue weighted by molar-refractivity contribution is -0.176. The molecular weight excluding hydrogens is 356 g/mol. The minimum absolute atomic E-state index is 0.577. The fourth-order valence-corrected chi connectivity index (χ4v) is 2.46. The van der Waals surface area contributed by atoms with E-state index in [1.54, 1.807) is 4.72 Å². The van der Waals surface area contributed by atoms with E-state index in [2.05, 4.69) is 0 Å². The summed E-state index contributed by atoms with van der Waals surface area (Å²) in [6.07, 6.45) is -10.4. The molecule has 2 nitrogen and oxygen atoms in total. The Morgan fingerprint density at radius 2 is 1.42 bits per heavy atom. The van der Waals surface area contributed by atoms with Crippen LogP contribution in [0.5, 0.6) is 0 Å². The van der Waals surface area contributed by atoms with Crippen LogP contribution >= 0.6 is 0 Å². The zero-order chi connectivity index (χ0) is 18.8. The van der Waals surface area contributed by atoms with Crippen molar-refractivity contribution in [3.63, 3.8) is 0 Å². The highest BCUT2D eigenvalue weighted by molar-refractivity contribution is 7.84. The van der Waals surface area contributed by atoms with E-state index < -0.39 is 39.2 Å². The molecule has 0 saturated heterocycles. The van der Waals surface area contributed by atoms with E-state index in [9.17, 15) is 30.6 Å². The van der Waals surface area contributed by atoms with E-state index in [1.807, 2.05) is 0 Å². The van der Waals surface area contributed by atoms with Gasteiger partial charge in [-0.25, -0.2) is 8.93 Å². The summed E-state index contributed by atoms with van der Waals surface area (Å²) < 4.78 is 91.2. The van der Waals surface area contributed by atoms with Crippen molar-refractivity contribution in [2.24, 2.45) is 0 Å². The highest BCUT2D eigenvalue weighted by Gasteiger charge is 2.57. The number of halogens is 6. The molecule has 134 valence electrons. The third-order valence-electron chi connectivity index (χ3n) is 2.83. The third kappa shape index (κ3) is 4.98. The summed E-state index contributed by atoms with van der Waals surface area (Å²) in [5, 5.41) is 0. The van der Waals surface area contributed by atoms with E-state index in [0.717, 1.165) is 12.1 Å². The topological polar surface area (TPSA) is 29.1 Å². The Bertz CT molecular complexity index is 651. The Morgan fingerprint density at radius 3 is 1.79 bits per heavy atom. The first-order valence-electron chi connectivity index (χ1n) is 6.62. The van der Waals surface area contributed by atoms with E-state index in [0.29, 0.717) is 5.92 Å². The van der Waals surface area contributed by atoms with Crippen LogP contribution in [0.15, 0.2) is 30.3 Å². The molecule has 0 saturated carbocycles. The lowest BCUT2D eigenvalue weighted by atomic mass is 9.91. The molecule has 1 aromatic carbocycles. The largest absolute Gasteiger partial charge is 0.457 e. The van der Waals surface area contributed by atoms with Gasteiger partial charge in [0.2, 0.25) is 5.54 Å². The predicted octanol–water partition coefficient (Wildman–Crippen LogP) is 4.06. The smallest absolute Gasteiger partial charge is 0.242 e. The lowest BCUT2D eigenvalue weighted by Crippen LogP contribution is -2.56. The van der Waals surface area contributed by atoms with Crippen LogP contribution in [0.4, 0.5) is 26.3 Å². The van der Waals surface area contributed by atoms with E-state index in [1.165, 1.54) is 44.9 Å². The monoisotopic (exact) mass is 371 g/mol. The molecule has 0 aliphatic rings. The molecule has 24 heavy (non-hydrogen) atoms. The molecule has 0 aliphatic heterocycles. The van der Waals surface area contributed by atoms with Crippen LogP contribution in [0.25, 0.3) is 0 Å². The van der Waals surface area contributed by atoms with Gasteiger partial charge in [0.05, 0.1) is 15.7 Å². The van der Waals surface area contributed by atoms with Crippen molar-refractivity contribution in [2.45, 2.75) is 43.4 Å². The normalized spacial score (nSPS) is 16.7. The Kier molecular flexibility index (Phi) is 5.78. The van der Waals surface area contributed by atoms with Crippen molar-refractivity contribution in [1.82, 2.24) is 4.72 Å². The molecule has 0 aliphatic carbocycles. The zero-order valence-electron chi connectivity index (χ0n) is 13.0. The van der Waals surface area contributed by atoms with Crippen molar-refractivity contribution in [2.75, 3.05) is 0 Å². The minimum Gasteiger partial charge on any atom is -0.242 e. The molecule has 1 rings (SSSR count). The molecule has 1 aromatic rings. The molecule has 0 aromatic heterocycles. The molecule has 2 atom stereocenters. The quantitative estimate of drug-likeness (QED) is 0.630. The fraction of sp³-hybridized carbons (Fsp3) is 0.467. The minimum atomic E-state index is -5.24. The summed E-state index contributed by atoms with van der Waals surface area (Å²) in [4.78, 5) is 0. The van der Waals surface area contributed by atoms with Gasteiger partial charge >= 0.3 is 12.4 Å². The van der Waals surface area contributed by atoms with Crippen molar-refractivity contribution in [3.05, 3.63) is 35.9 Å². The number of benzene rings is 1. The summed E-state index contributed by atoms with van der Waals surface area (Å²) in [5.74, 6) is 1.89. The highest BCUT2D eigenvalue weighted by atomic mass is 32.2. The number of nitrogens with one attached hydrogen (secondary N) is 1. The van der Waals surface area contributed by atoms with Crippen molar-refractivity contribution in [3.8, 4) is 11.8 Å². The van der Waals surface area contributed by atoms with Crippen LogP contribution in [0.2, 0.25) is 0 Å². The molecule has 0 amide bonds. The van der Waals surface area contributed by atoms with Gasteiger partial charge in [-0.15, -0.1) is 0 Å². The average molecular weight is 371 g/mol. The second kappa shape index (κ2) is 6.76. The second-order valence-electron chi connectivity index (χ2n) is 5.84. The first-order chi connectivity index (χ1) is 10.7. The molecule has 0 heterocycles.